The van der Waals surface area contributed by atoms with Gasteiger partial charge in [0.05, 0.1) is 26.9 Å². The van der Waals surface area contributed by atoms with E-state index in [0.29, 0.717) is 16.9 Å². The number of carbonyl (C=O) groups is 1. The van der Waals surface area contributed by atoms with E-state index in [1.54, 1.807) is 4.40 Å². The van der Waals surface area contributed by atoms with Crippen LogP contribution in [-0.2, 0) is 11.0 Å². The number of pyridine rings is 1. The molecular formula is C21H16F3N5O3S. The number of nitrogens with one attached hydrogen (secondary N) is 1. The zero-order valence-corrected chi connectivity index (χ0v) is 18.1. The summed E-state index contributed by atoms with van der Waals surface area (Å²) in [5.74, 6) is -0.715. The molecule has 0 fully saturated rings. The van der Waals surface area contributed by atoms with Gasteiger partial charge in [0.25, 0.3) is 5.69 Å². The quantitative estimate of drug-likeness (QED) is 0.241. The van der Waals surface area contributed by atoms with Crippen molar-refractivity contribution in [2.24, 2.45) is 0 Å². The first kappa shape index (κ1) is 22.5. The molecule has 1 atom stereocenters. The number of anilines is 1. The van der Waals surface area contributed by atoms with Crippen LogP contribution in [0.4, 0.5) is 24.5 Å². The lowest BCUT2D eigenvalue weighted by Gasteiger charge is -2.16. The van der Waals surface area contributed by atoms with Crippen LogP contribution in [0.1, 0.15) is 18.1 Å². The van der Waals surface area contributed by atoms with Crippen molar-refractivity contribution in [3.05, 3.63) is 69.8 Å². The largest absolute Gasteiger partial charge is 0.418 e. The number of alkyl halides is 3. The van der Waals surface area contributed by atoms with E-state index in [1.165, 1.54) is 6.92 Å². The first-order chi connectivity index (χ1) is 15.6. The summed E-state index contributed by atoms with van der Waals surface area (Å²) in [4.78, 5) is 22.6. The second-order valence-electron chi connectivity index (χ2n) is 7.25. The smallest absolute Gasteiger partial charge is 0.325 e. The minimum atomic E-state index is -4.88. The molecule has 0 unspecified atom stereocenters. The number of benzene rings is 2. The minimum Gasteiger partial charge on any atom is -0.325 e. The Balaban J connectivity index is 1.63. The van der Waals surface area contributed by atoms with Crippen molar-refractivity contribution in [2.75, 3.05) is 5.32 Å². The molecule has 0 aliphatic carbocycles. The molecule has 33 heavy (non-hydrogen) atoms. The first-order valence-electron chi connectivity index (χ1n) is 9.63. The van der Waals surface area contributed by atoms with Crippen LogP contribution in [0.25, 0.3) is 16.6 Å². The van der Waals surface area contributed by atoms with Crippen molar-refractivity contribution >= 4 is 45.6 Å². The normalized spacial score (nSPS) is 12.8. The monoisotopic (exact) mass is 475 g/mol. The third kappa shape index (κ3) is 4.33. The van der Waals surface area contributed by atoms with Gasteiger partial charge in [-0.3, -0.25) is 19.3 Å². The number of hydrogen-bond donors (Lipinski definition) is 1. The highest BCUT2D eigenvalue weighted by atomic mass is 32.2. The van der Waals surface area contributed by atoms with Gasteiger partial charge in [-0.2, -0.15) is 13.2 Å². The molecule has 0 aliphatic rings. The Morgan fingerprint density at radius 1 is 1.18 bits per heavy atom. The van der Waals surface area contributed by atoms with E-state index in [4.69, 9.17) is 0 Å². The molecule has 0 saturated heterocycles. The molecular weight excluding hydrogens is 459 g/mol. The first-order valence-corrected chi connectivity index (χ1v) is 10.5. The van der Waals surface area contributed by atoms with Crippen molar-refractivity contribution in [3.8, 4) is 0 Å². The van der Waals surface area contributed by atoms with Crippen LogP contribution in [0, 0.1) is 17.0 Å². The van der Waals surface area contributed by atoms with Gasteiger partial charge in [0.2, 0.25) is 5.91 Å². The second kappa shape index (κ2) is 8.35. The fourth-order valence-corrected chi connectivity index (χ4v) is 4.25. The van der Waals surface area contributed by atoms with E-state index in [-0.39, 0.29) is 0 Å². The molecule has 12 heteroatoms. The lowest BCUT2D eigenvalue weighted by molar-refractivity contribution is -0.385. The van der Waals surface area contributed by atoms with Gasteiger partial charge in [-0.15, -0.1) is 10.2 Å². The molecule has 0 spiro atoms. The predicted octanol–water partition coefficient (Wildman–Crippen LogP) is 5.24. The predicted molar refractivity (Wildman–Crippen MR) is 117 cm³/mol. The molecule has 170 valence electrons. The maximum absolute atomic E-state index is 13.4. The number of thioether (sulfide) groups is 1. The molecule has 1 N–H and O–H groups in total. The molecule has 0 saturated carbocycles. The lowest BCUT2D eigenvalue weighted by atomic mass is 10.1. The van der Waals surface area contributed by atoms with Crippen LogP contribution in [0.3, 0.4) is 0 Å². The van der Waals surface area contributed by atoms with Gasteiger partial charge in [-0.25, -0.2) is 0 Å². The van der Waals surface area contributed by atoms with Crippen molar-refractivity contribution in [3.63, 3.8) is 0 Å². The maximum atomic E-state index is 13.4. The molecule has 2 heterocycles. The zero-order valence-electron chi connectivity index (χ0n) is 17.3. The molecule has 0 radical (unpaired) electrons. The van der Waals surface area contributed by atoms with E-state index in [9.17, 15) is 28.1 Å². The number of carbonyl (C=O) groups excluding carboxylic acids is 1. The van der Waals surface area contributed by atoms with E-state index in [0.717, 1.165) is 40.4 Å². The van der Waals surface area contributed by atoms with Gasteiger partial charge in [-0.05, 0) is 37.6 Å². The molecule has 0 bridgehead atoms. The van der Waals surface area contributed by atoms with Gasteiger partial charge in [-0.1, -0.05) is 30.0 Å². The van der Waals surface area contributed by atoms with Crippen LogP contribution >= 0.6 is 11.8 Å². The highest BCUT2D eigenvalue weighted by Gasteiger charge is 2.36. The fraction of sp³-hybridized carbons (Fsp3) is 0.190. The van der Waals surface area contributed by atoms with Crippen molar-refractivity contribution in [2.45, 2.75) is 30.4 Å². The Bertz CT molecular complexity index is 1400. The average molecular weight is 475 g/mol. The van der Waals surface area contributed by atoms with Crippen LogP contribution in [-0.4, -0.2) is 30.7 Å². The second-order valence-corrected chi connectivity index (χ2v) is 8.56. The third-order valence-electron chi connectivity index (χ3n) is 5.00. The maximum Gasteiger partial charge on any atom is 0.418 e. The Kier molecular flexibility index (Phi) is 5.70. The number of aryl methyl sites for hydroxylation is 1. The summed E-state index contributed by atoms with van der Waals surface area (Å²) in [6, 6.07) is 11.6. The van der Waals surface area contributed by atoms with Gasteiger partial charge in [0.1, 0.15) is 0 Å². The van der Waals surface area contributed by atoms with Gasteiger partial charge >= 0.3 is 6.18 Å². The molecule has 4 aromatic rings. The molecule has 1 amide bonds. The SMILES string of the molecule is Cc1cc2nnc(S[C@H](C)C(=O)Nc3ccc([N+](=O)[O-])cc3C(F)(F)F)n2c2ccccc12. The van der Waals surface area contributed by atoms with Crippen LogP contribution < -0.4 is 5.32 Å². The summed E-state index contributed by atoms with van der Waals surface area (Å²) < 4.78 is 42.0. The van der Waals surface area contributed by atoms with Crippen molar-refractivity contribution in [1.29, 1.82) is 0 Å². The average Bonchev–Trinajstić information content (AvgIpc) is 3.15. The van der Waals surface area contributed by atoms with E-state index in [2.05, 4.69) is 15.5 Å². The molecule has 4 rings (SSSR count). The highest BCUT2D eigenvalue weighted by Crippen LogP contribution is 2.37. The summed E-state index contributed by atoms with van der Waals surface area (Å²) in [6.07, 6.45) is -4.88. The summed E-state index contributed by atoms with van der Waals surface area (Å²) in [5, 5.41) is 21.9. The van der Waals surface area contributed by atoms with Crippen LogP contribution in [0.2, 0.25) is 0 Å². The fourth-order valence-electron chi connectivity index (χ4n) is 3.39. The van der Waals surface area contributed by atoms with E-state index >= 15 is 0 Å². The van der Waals surface area contributed by atoms with Crippen molar-refractivity contribution < 1.29 is 22.9 Å². The van der Waals surface area contributed by atoms with Gasteiger partial charge in [0.15, 0.2) is 10.8 Å². The van der Waals surface area contributed by atoms with Crippen LogP contribution in [0.5, 0.6) is 0 Å². The summed E-state index contributed by atoms with van der Waals surface area (Å²) in [5.41, 5.74) is -0.154. The number of nitro groups is 1. The Hall–Kier alpha value is -3.67. The number of nitro benzene ring substituents is 1. The number of hydrogen-bond acceptors (Lipinski definition) is 6. The number of aromatic nitrogens is 3. The summed E-state index contributed by atoms with van der Waals surface area (Å²) in [7, 11) is 0. The summed E-state index contributed by atoms with van der Waals surface area (Å²) in [6.45, 7) is 3.47. The number of fused-ring (bicyclic) bond motifs is 3. The number of non-ortho nitro benzene ring substituents is 1. The van der Waals surface area contributed by atoms with Crippen molar-refractivity contribution in [1.82, 2.24) is 14.6 Å². The number of nitrogens with zero attached hydrogens (tertiary/aromatic N) is 4. The lowest BCUT2D eigenvalue weighted by Crippen LogP contribution is -2.24. The Morgan fingerprint density at radius 3 is 2.61 bits per heavy atom. The minimum absolute atomic E-state index is 0.397. The Labute approximate surface area is 189 Å². The molecule has 0 aliphatic heterocycles. The summed E-state index contributed by atoms with van der Waals surface area (Å²) >= 11 is 1.04. The zero-order chi connectivity index (χ0) is 23.9. The molecule has 2 aromatic carbocycles. The topological polar surface area (TPSA) is 102 Å². The Morgan fingerprint density at radius 2 is 1.91 bits per heavy atom. The van der Waals surface area contributed by atoms with E-state index in [1.807, 2.05) is 37.3 Å². The van der Waals surface area contributed by atoms with E-state index < -0.39 is 39.2 Å². The third-order valence-corrected chi connectivity index (χ3v) is 6.05. The van der Waals surface area contributed by atoms with Gasteiger partial charge in [0, 0.05) is 17.5 Å². The molecule has 8 nitrogen and oxygen atoms in total. The number of para-hydroxylation sites is 1. The van der Waals surface area contributed by atoms with Gasteiger partial charge < -0.3 is 5.32 Å². The number of rotatable bonds is 5. The van der Waals surface area contributed by atoms with Crippen LogP contribution in [0.15, 0.2) is 53.7 Å². The molecule has 2 aromatic heterocycles. The highest BCUT2D eigenvalue weighted by molar-refractivity contribution is 8.00. The standard InChI is InChI=1S/C21H16F3N5O3S/c1-11-9-18-26-27-20(28(18)17-6-4-3-5-14(11)17)33-12(2)19(30)25-16-8-7-13(29(31)32)10-15(16)21(22,23)24/h3-10,12H,1-2H3,(H,25,30)/t12-/m1/s1. The number of amides is 1. The number of halogens is 3.